The van der Waals surface area contributed by atoms with Crippen molar-refractivity contribution < 1.29 is 37.1 Å². The standard InChI is InChI=1S/C26H24Cl2N2O3S.C19H17BrCl2N2O.C7H9BO4S/c1-26(2,16-31)23-15-30(25(29-23)24-21(27)8-5-9-22(24)28)19-12-10-17(11-13-19)18-6-4-7-20(14-18)34(3,32)33;1-19(2,11-25)16-10-24(13-8-6-12(20)7-9-13)18(23-16)17-14(21)4-3-5-15(17)22;1-13(11,12)7-4-2-3-6(5-7)8(9)10/h4-15,31H,16H2,1-3H3;3-10,25H,11H2,1-2H3;2-5,9-10H,1H3. The minimum Gasteiger partial charge on any atom is -0.423 e. The zero-order chi connectivity index (χ0) is 52.9. The van der Waals surface area contributed by atoms with E-state index in [-0.39, 0.29) is 28.5 Å². The lowest BCUT2D eigenvalue weighted by molar-refractivity contribution is 0.215. The minimum absolute atomic E-state index is 0.0138. The van der Waals surface area contributed by atoms with Crippen molar-refractivity contribution in [2.24, 2.45) is 0 Å². The van der Waals surface area contributed by atoms with Crippen LogP contribution in [0.2, 0.25) is 20.1 Å². The van der Waals surface area contributed by atoms with E-state index in [1.807, 2.05) is 104 Å². The summed E-state index contributed by atoms with van der Waals surface area (Å²) in [6, 6.07) is 38.7. The van der Waals surface area contributed by atoms with Crippen LogP contribution in [0.5, 0.6) is 0 Å². The molecule has 2 aromatic heterocycles. The van der Waals surface area contributed by atoms with E-state index in [2.05, 4.69) is 15.9 Å². The average molecular weight is 1160 g/mol. The van der Waals surface area contributed by atoms with Crippen LogP contribution in [-0.2, 0) is 30.5 Å². The number of aromatic nitrogens is 4. The molecule has 6 aromatic carbocycles. The lowest BCUT2D eigenvalue weighted by Crippen LogP contribution is -2.30. The molecule has 72 heavy (non-hydrogen) atoms. The summed E-state index contributed by atoms with van der Waals surface area (Å²) in [5.41, 5.74) is 5.30. The molecule has 12 nitrogen and oxygen atoms in total. The van der Waals surface area contributed by atoms with Crippen LogP contribution in [0.1, 0.15) is 39.1 Å². The first-order valence-electron chi connectivity index (χ1n) is 21.9. The predicted molar refractivity (Wildman–Crippen MR) is 294 cm³/mol. The van der Waals surface area contributed by atoms with Crippen molar-refractivity contribution in [1.82, 2.24) is 19.1 Å². The summed E-state index contributed by atoms with van der Waals surface area (Å²) in [5, 5.41) is 39.2. The molecule has 8 aromatic rings. The smallest absolute Gasteiger partial charge is 0.423 e. The normalized spacial score (nSPS) is 11.9. The third-order valence-corrected chi connectivity index (χ3v) is 15.4. The van der Waals surface area contributed by atoms with Crippen LogP contribution in [0.3, 0.4) is 0 Å². The van der Waals surface area contributed by atoms with Crippen LogP contribution in [-0.4, -0.2) is 89.0 Å². The summed E-state index contributed by atoms with van der Waals surface area (Å²) in [6.07, 6.45) is 6.07. The Morgan fingerprint density at radius 1 is 0.542 bits per heavy atom. The maximum absolute atomic E-state index is 11.9. The van der Waals surface area contributed by atoms with E-state index in [0.29, 0.717) is 48.6 Å². The van der Waals surface area contributed by atoms with Gasteiger partial charge in [-0.3, -0.25) is 9.13 Å². The van der Waals surface area contributed by atoms with Gasteiger partial charge in [0.1, 0.15) is 11.6 Å². The van der Waals surface area contributed by atoms with Gasteiger partial charge < -0.3 is 20.3 Å². The molecule has 0 unspecified atom stereocenters. The van der Waals surface area contributed by atoms with Gasteiger partial charge in [-0.15, -0.1) is 0 Å². The van der Waals surface area contributed by atoms with Gasteiger partial charge in [0.05, 0.1) is 65.6 Å². The first-order chi connectivity index (χ1) is 33.7. The highest BCUT2D eigenvalue weighted by atomic mass is 79.9. The fourth-order valence-corrected chi connectivity index (χ4v) is 9.71. The summed E-state index contributed by atoms with van der Waals surface area (Å²) < 4.78 is 50.8. The molecule has 0 aliphatic heterocycles. The Bertz CT molecular complexity index is 3400. The molecular formula is C52H50BBrCl4N4O8S2. The van der Waals surface area contributed by atoms with E-state index in [4.69, 9.17) is 66.4 Å². The fraction of sp³-hybridized carbons (Fsp3) is 0.192. The summed E-state index contributed by atoms with van der Waals surface area (Å²) in [6.45, 7) is 7.62. The van der Waals surface area contributed by atoms with Crippen molar-refractivity contribution in [1.29, 1.82) is 0 Å². The Hall–Kier alpha value is -4.82. The third kappa shape index (κ3) is 13.5. The van der Waals surface area contributed by atoms with Crippen molar-refractivity contribution in [3.05, 3.63) is 182 Å². The number of imidazole rings is 2. The predicted octanol–water partition coefficient (Wildman–Crippen LogP) is 10.8. The Morgan fingerprint density at radius 3 is 1.31 bits per heavy atom. The molecule has 0 aliphatic rings. The molecule has 0 spiro atoms. The van der Waals surface area contributed by atoms with E-state index < -0.39 is 37.6 Å². The molecule has 376 valence electrons. The van der Waals surface area contributed by atoms with Crippen LogP contribution in [0.4, 0.5) is 0 Å². The van der Waals surface area contributed by atoms with Crippen LogP contribution in [0, 0.1) is 0 Å². The highest BCUT2D eigenvalue weighted by molar-refractivity contribution is 9.10. The molecule has 0 aliphatic carbocycles. The highest BCUT2D eigenvalue weighted by Gasteiger charge is 2.28. The molecule has 0 bridgehead atoms. The van der Waals surface area contributed by atoms with E-state index in [1.165, 1.54) is 30.5 Å². The van der Waals surface area contributed by atoms with Crippen molar-refractivity contribution in [3.8, 4) is 45.3 Å². The third-order valence-electron chi connectivity index (χ3n) is 11.4. The number of halogens is 5. The Balaban J connectivity index is 0.000000195. The molecule has 8 rings (SSSR count). The van der Waals surface area contributed by atoms with Gasteiger partial charge in [0.25, 0.3) is 0 Å². The van der Waals surface area contributed by atoms with Gasteiger partial charge >= 0.3 is 7.12 Å². The number of rotatable bonds is 12. The first kappa shape index (κ1) is 56.5. The Labute approximate surface area is 448 Å². The molecule has 0 atom stereocenters. The molecule has 0 radical (unpaired) electrons. The number of aliphatic hydroxyl groups excluding tert-OH is 2. The molecule has 0 saturated carbocycles. The Kier molecular flexibility index (Phi) is 18.2. The van der Waals surface area contributed by atoms with Gasteiger partial charge in [-0.1, -0.05) is 139 Å². The average Bonchev–Trinajstić information content (AvgIpc) is 3.99. The maximum atomic E-state index is 11.9. The van der Waals surface area contributed by atoms with Gasteiger partial charge in [-0.05, 0) is 102 Å². The zero-order valence-corrected chi connectivity index (χ0v) is 46.0. The molecule has 2 heterocycles. The summed E-state index contributed by atoms with van der Waals surface area (Å²) in [7, 11) is -8.22. The second-order valence-electron chi connectivity index (χ2n) is 18.0. The number of benzene rings is 6. The number of nitrogens with zero attached hydrogens (tertiary/aromatic N) is 4. The largest absolute Gasteiger partial charge is 0.488 e. The summed E-state index contributed by atoms with van der Waals surface area (Å²) >= 11 is 29.3. The lowest BCUT2D eigenvalue weighted by atomic mass is 9.80. The quantitative estimate of drug-likeness (QED) is 0.0859. The molecule has 20 heteroatoms. The second kappa shape index (κ2) is 23.2. The zero-order valence-electron chi connectivity index (χ0n) is 39.8. The first-order valence-corrected chi connectivity index (χ1v) is 28.0. The van der Waals surface area contributed by atoms with Crippen LogP contribution in [0.25, 0.3) is 45.3 Å². The van der Waals surface area contributed by atoms with Crippen LogP contribution >= 0.6 is 62.3 Å². The van der Waals surface area contributed by atoms with E-state index in [1.54, 1.807) is 54.6 Å². The second-order valence-corrected chi connectivity index (χ2v) is 24.5. The number of sulfone groups is 2. The van der Waals surface area contributed by atoms with Crippen LogP contribution < -0.4 is 5.46 Å². The van der Waals surface area contributed by atoms with Gasteiger partial charge in [0.2, 0.25) is 0 Å². The van der Waals surface area contributed by atoms with Crippen molar-refractivity contribution in [2.75, 3.05) is 25.7 Å². The van der Waals surface area contributed by atoms with Crippen molar-refractivity contribution >= 4 is 94.6 Å². The topological polar surface area (TPSA) is 185 Å². The number of hydrogen-bond acceptors (Lipinski definition) is 10. The van der Waals surface area contributed by atoms with Gasteiger partial charge in [-0.25, -0.2) is 26.8 Å². The molecule has 4 N–H and O–H groups in total. The number of aliphatic hydroxyl groups is 2. The van der Waals surface area contributed by atoms with Crippen LogP contribution in [0.15, 0.2) is 160 Å². The lowest BCUT2D eigenvalue weighted by Gasteiger charge is -2.18. The van der Waals surface area contributed by atoms with Crippen molar-refractivity contribution in [2.45, 2.75) is 48.3 Å². The SMILES string of the molecule is CC(C)(CO)c1cn(-c2ccc(-c3cccc(S(C)(=O)=O)c3)cc2)c(-c2c(Cl)cccc2Cl)n1.CC(C)(CO)c1cn(-c2ccc(Br)cc2)c(-c2c(Cl)cccc2Cl)n1.CS(=O)(=O)c1cccc(B(O)O)c1. The monoisotopic (exact) mass is 1150 g/mol. The van der Waals surface area contributed by atoms with Gasteiger partial charge in [-0.2, -0.15) is 0 Å². The van der Waals surface area contributed by atoms with Crippen molar-refractivity contribution in [3.63, 3.8) is 0 Å². The summed E-state index contributed by atoms with van der Waals surface area (Å²) in [5.74, 6) is 1.22. The number of hydrogen-bond donors (Lipinski definition) is 4. The molecule has 0 fully saturated rings. The van der Waals surface area contributed by atoms with E-state index in [0.717, 1.165) is 38.9 Å². The highest BCUT2D eigenvalue weighted by Crippen LogP contribution is 2.39. The molecule has 0 amide bonds. The minimum atomic E-state index is -3.30. The summed E-state index contributed by atoms with van der Waals surface area (Å²) in [4.78, 5) is 9.93. The maximum Gasteiger partial charge on any atom is 0.488 e. The molecule has 0 saturated heterocycles. The van der Waals surface area contributed by atoms with Gasteiger partial charge in [0.15, 0.2) is 19.7 Å². The van der Waals surface area contributed by atoms with Gasteiger partial charge in [0, 0.05) is 51.6 Å². The van der Waals surface area contributed by atoms with E-state index >= 15 is 0 Å². The Morgan fingerprint density at radius 2 is 0.917 bits per heavy atom. The van der Waals surface area contributed by atoms with E-state index in [9.17, 15) is 27.0 Å². The molecular weight excluding hydrogens is 1110 g/mol. The fourth-order valence-electron chi connectivity index (χ4n) is 6.97.